The molecule has 0 aromatic heterocycles. The van der Waals surface area contributed by atoms with Gasteiger partial charge in [-0.2, -0.15) is 4.89 Å². The molecule has 1 saturated carbocycles. The fourth-order valence-corrected chi connectivity index (χ4v) is 3.28. The Hall–Kier alpha value is 0.01000. The Kier molecular flexibility index (Phi) is 2.66. The Morgan fingerprint density at radius 1 is 1.71 bits per heavy atom. The van der Waals surface area contributed by atoms with Crippen LogP contribution in [0.25, 0.3) is 0 Å². The normalized spacial score (nSPS) is 47.1. The van der Waals surface area contributed by atoms with Gasteiger partial charge in [0.05, 0.1) is 24.7 Å². The minimum absolute atomic E-state index is 0.0149. The molecular weight excluding hydrogens is 203 g/mol. The van der Waals surface area contributed by atoms with Crippen molar-refractivity contribution in [2.75, 3.05) is 13.2 Å². The summed E-state index contributed by atoms with van der Waals surface area (Å²) in [6.07, 6.45) is 4.19. The molecule has 14 heavy (non-hydrogen) atoms. The quantitative estimate of drug-likeness (QED) is 0.679. The zero-order chi connectivity index (χ0) is 10.3. The van der Waals surface area contributed by atoms with E-state index >= 15 is 0 Å². The number of rotatable bonds is 3. The average molecular weight is 219 g/mol. The van der Waals surface area contributed by atoms with Crippen LogP contribution >= 0.6 is 8.00 Å². The highest BCUT2D eigenvalue weighted by molar-refractivity contribution is 7.44. The van der Waals surface area contributed by atoms with Crippen LogP contribution in [0.5, 0.6) is 0 Å². The summed E-state index contributed by atoms with van der Waals surface area (Å²) in [5, 5.41) is 9.39. The van der Waals surface area contributed by atoms with Crippen molar-refractivity contribution in [3.05, 3.63) is 0 Å². The highest BCUT2D eigenvalue weighted by atomic mass is 31.1. The third kappa shape index (κ3) is 1.42. The Bertz CT molecular complexity index is 257. The number of fused-ring (bicyclic) bond motifs is 2. The summed E-state index contributed by atoms with van der Waals surface area (Å²) in [7, 11) is -1.62. The van der Waals surface area contributed by atoms with Crippen LogP contribution in [0.3, 0.4) is 0 Å². The molecule has 5 atom stereocenters. The molecule has 5 heteroatoms. The topological polar surface area (TPSA) is 58.9 Å². The predicted molar refractivity (Wildman–Crippen MR) is 54.2 cm³/mol. The van der Waals surface area contributed by atoms with Crippen molar-refractivity contribution in [2.24, 2.45) is 11.3 Å². The first-order valence-electron chi connectivity index (χ1n) is 4.78. The monoisotopic (exact) mass is 219 g/mol. The molecule has 0 aromatic carbocycles. The van der Waals surface area contributed by atoms with E-state index in [1.165, 1.54) is 0 Å². The highest BCUT2D eigenvalue weighted by Crippen LogP contribution is 2.52. The maximum atomic E-state index is 9.39. The maximum Gasteiger partial charge on any atom is 0.420 e. The highest BCUT2D eigenvalue weighted by Gasteiger charge is 2.61. The molecule has 0 spiro atoms. The van der Waals surface area contributed by atoms with Crippen LogP contribution in [0.2, 0.25) is 0 Å². The van der Waals surface area contributed by atoms with Gasteiger partial charge in [-0.05, 0) is 12.3 Å². The van der Waals surface area contributed by atoms with Gasteiger partial charge in [-0.15, -0.1) is 4.52 Å². The van der Waals surface area contributed by atoms with Crippen molar-refractivity contribution in [3.8, 4) is 0 Å². The van der Waals surface area contributed by atoms with E-state index in [0.717, 1.165) is 6.42 Å². The van der Waals surface area contributed by atoms with Crippen molar-refractivity contribution >= 4 is 14.3 Å². The number of ether oxygens (including phenoxy) is 1. The molecule has 4 nitrogen and oxygen atoms in total. The number of hydrogen-bond donors (Lipinski definition) is 2. The Morgan fingerprint density at radius 3 is 2.93 bits per heavy atom. The van der Waals surface area contributed by atoms with E-state index in [0.29, 0.717) is 12.5 Å². The van der Waals surface area contributed by atoms with E-state index in [2.05, 4.69) is 13.2 Å². The third-order valence-electron chi connectivity index (χ3n) is 3.30. The van der Waals surface area contributed by atoms with E-state index in [-0.39, 0.29) is 24.2 Å². The smallest absolute Gasteiger partial charge is 0.396 e. The maximum absolute atomic E-state index is 9.39. The molecule has 80 valence electrons. The minimum Gasteiger partial charge on any atom is -0.396 e. The summed E-state index contributed by atoms with van der Waals surface area (Å²) in [4.78, 5) is 9.17. The second kappa shape index (κ2) is 3.54. The van der Waals surface area contributed by atoms with Crippen LogP contribution in [-0.2, 0) is 9.26 Å². The van der Waals surface area contributed by atoms with Gasteiger partial charge in [0.2, 0.25) is 0 Å². The summed E-state index contributed by atoms with van der Waals surface area (Å²) in [5.74, 6) is 0.385. The van der Waals surface area contributed by atoms with Crippen LogP contribution in [0.1, 0.15) is 13.3 Å². The van der Waals surface area contributed by atoms with Gasteiger partial charge in [-0.3, -0.25) is 0 Å². The van der Waals surface area contributed by atoms with E-state index in [4.69, 9.17) is 14.2 Å². The summed E-state index contributed by atoms with van der Waals surface area (Å²) in [5.41, 5.74) is -0.301. The molecule has 5 unspecified atom stereocenters. The summed E-state index contributed by atoms with van der Waals surface area (Å²) >= 11 is 0. The van der Waals surface area contributed by atoms with Crippen molar-refractivity contribution in [1.82, 2.24) is 0 Å². The molecule has 1 aliphatic heterocycles. The van der Waals surface area contributed by atoms with Crippen LogP contribution < -0.4 is 0 Å². The lowest BCUT2D eigenvalue weighted by atomic mass is 9.86. The molecule has 2 bridgehead atoms. The van der Waals surface area contributed by atoms with Gasteiger partial charge in [0.1, 0.15) is 12.4 Å². The van der Waals surface area contributed by atoms with E-state index in [1.54, 1.807) is 0 Å². The fourth-order valence-electron chi connectivity index (χ4n) is 2.68. The van der Waals surface area contributed by atoms with Crippen molar-refractivity contribution in [1.29, 1.82) is 0 Å². The lowest BCUT2D eigenvalue weighted by Crippen LogP contribution is -2.35. The van der Waals surface area contributed by atoms with Gasteiger partial charge in [-0.25, -0.2) is 0 Å². The van der Waals surface area contributed by atoms with Crippen LogP contribution in [0.4, 0.5) is 0 Å². The molecule has 2 N–H and O–H groups in total. The molecule has 1 saturated heterocycles. The average Bonchev–Trinajstić information content (AvgIpc) is 2.57. The predicted octanol–water partition coefficient (Wildman–Crippen LogP) is 0.525. The standard InChI is InChI=1S/C9H16O4P/c1-6-3-9(4-10)5-12-7(6)8(9)13-14(2)11/h6-8,10-11H,2-5H2,1H3/q+1. The largest absolute Gasteiger partial charge is 0.420 e. The fraction of sp³-hybridized carbons (Fsp3) is 0.889. The van der Waals surface area contributed by atoms with Crippen LogP contribution in [0, 0.1) is 11.3 Å². The number of hydrogen-bond acceptors (Lipinski definition) is 4. The van der Waals surface area contributed by atoms with Gasteiger partial charge >= 0.3 is 8.00 Å². The summed E-state index contributed by atoms with van der Waals surface area (Å²) in [6.45, 7) is 2.67. The molecule has 2 fully saturated rings. The second-order valence-electron chi connectivity index (χ2n) is 4.36. The van der Waals surface area contributed by atoms with Gasteiger partial charge < -0.3 is 9.84 Å². The van der Waals surface area contributed by atoms with E-state index in [9.17, 15) is 5.11 Å². The summed E-state index contributed by atoms with van der Waals surface area (Å²) in [6, 6.07) is 0. The lowest BCUT2D eigenvalue weighted by Gasteiger charge is -2.25. The molecule has 0 aromatic rings. The van der Waals surface area contributed by atoms with Gasteiger partial charge in [0, 0.05) is 0 Å². The number of aliphatic hydroxyl groups is 1. The third-order valence-corrected chi connectivity index (χ3v) is 3.78. The Morgan fingerprint density at radius 2 is 2.43 bits per heavy atom. The van der Waals surface area contributed by atoms with Crippen molar-refractivity contribution in [2.45, 2.75) is 25.6 Å². The molecule has 1 aliphatic carbocycles. The second-order valence-corrected chi connectivity index (χ2v) is 5.27. The van der Waals surface area contributed by atoms with E-state index < -0.39 is 8.00 Å². The first-order valence-corrected chi connectivity index (χ1v) is 6.17. The van der Waals surface area contributed by atoms with Gasteiger partial charge in [0.15, 0.2) is 0 Å². The molecule has 0 radical (unpaired) electrons. The lowest BCUT2D eigenvalue weighted by molar-refractivity contribution is -0.00148. The SMILES string of the molecule is C=[P+](O)OC1C2OCC1(CO)CC2C. The van der Waals surface area contributed by atoms with Crippen LogP contribution in [0.15, 0.2) is 0 Å². The molecule has 2 aliphatic rings. The molecular formula is C9H16O4P+. The van der Waals surface area contributed by atoms with Gasteiger partial charge in [-0.1, -0.05) is 6.92 Å². The molecule has 1 heterocycles. The van der Waals surface area contributed by atoms with Crippen LogP contribution in [-0.4, -0.2) is 41.7 Å². The first kappa shape index (κ1) is 10.5. The van der Waals surface area contributed by atoms with Crippen molar-refractivity contribution in [3.63, 3.8) is 0 Å². The molecule has 2 rings (SSSR count). The Balaban J connectivity index is 2.18. The van der Waals surface area contributed by atoms with Crippen molar-refractivity contribution < 1.29 is 19.3 Å². The number of aliphatic hydroxyl groups excluding tert-OH is 1. The Labute approximate surface area is 84.4 Å². The zero-order valence-corrected chi connectivity index (χ0v) is 9.11. The minimum atomic E-state index is -1.62. The summed E-state index contributed by atoms with van der Waals surface area (Å²) < 4.78 is 10.9. The zero-order valence-electron chi connectivity index (χ0n) is 8.22. The van der Waals surface area contributed by atoms with Gasteiger partial charge in [0.25, 0.3) is 0 Å². The van der Waals surface area contributed by atoms with E-state index in [1.807, 2.05) is 0 Å². The molecule has 0 amide bonds. The first-order chi connectivity index (χ1) is 6.59.